The van der Waals surface area contributed by atoms with Crippen LogP contribution in [0, 0.1) is 0 Å². The van der Waals surface area contributed by atoms with Gasteiger partial charge in [-0.25, -0.2) is 4.79 Å². The minimum atomic E-state index is -1.26. The van der Waals surface area contributed by atoms with E-state index in [9.17, 15) is 4.79 Å². The molecule has 2 atom stereocenters. The molecule has 16 heavy (non-hydrogen) atoms. The van der Waals surface area contributed by atoms with Crippen LogP contribution in [0.3, 0.4) is 0 Å². The first-order valence-corrected chi connectivity index (χ1v) is 5.64. The van der Waals surface area contributed by atoms with Gasteiger partial charge in [0.05, 0.1) is 18.8 Å². The van der Waals surface area contributed by atoms with E-state index in [1.54, 1.807) is 7.11 Å². The van der Waals surface area contributed by atoms with Crippen LogP contribution in [-0.2, 0) is 14.2 Å². The topological polar surface area (TPSA) is 65.0 Å². The summed E-state index contributed by atoms with van der Waals surface area (Å²) >= 11 is 0. The highest BCUT2D eigenvalue weighted by Gasteiger charge is 2.13. The summed E-state index contributed by atoms with van der Waals surface area (Å²) in [7, 11) is 1.64. The van der Waals surface area contributed by atoms with Crippen molar-refractivity contribution in [1.82, 2.24) is 0 Å². The van der Waals surface area contributed by atoms with Crippen LogP contribution in [0.2, 0.25) is 0 Å². The zero-order chi connectivity index (χ0) is 12.4. The van der Waals surface area contributed by atoms with Crippen LogP contribution in [-0.4, -0.2) is 43.8 Å². The number of ether oxygens (including phenoxy) is 3. The molecule has 2 unspecified atom stereocenters. The van der Waals surface area contributed by atoms with E-state index >= 15 is 0 Å². The lowest BCUT2D eigenvalue weighted by molar-refractivity contribution is -0.0551. The summed E-state index contributed by atoms with van der Waals surface area (Å²) in [5.41, 5.74) is 0. The number of carboxylic acid groups (broad SMARTS) is 1. The molecule has 5 nitrogen and oxygen atoms in total. The maximum atomic E-state index is 10.3. The van der Waals surface area contributed by atoms with Crippen molar-refractivity contribution in [3.05, 3.63) is 0 Å². The largest absolute Gasteiger partial charge is 0.505 e. The molecule has 0 aromatic carbocycles. The van der Waals surface area contributed by atoms with Crippen molar-refractivity contribution in [2.75, 3.05) is 20.3 Å². The Morgan fingerprint density at radius 1 is 1.25 bits per heavy atom. The summed E-state index contributed by atoms with van der Waals surface area (Å²) in [5.74, 6) is 0. The Bertz CT molecular complexity index is 179. The highest BCUT2D eigenvalue weighted by Crippen LogP contribution is 2.06. The van der Waals surface area contributed by atoms with Gasteiger partial charge in [-0.1, -0.05) is 20.3 Å². The second kappa shape index (κ2) is 9.42. The maximum absolute atomic E-state index is 10.3. The normalized spacial score (nSPS) is 14.4. The number of methoxy groups -OCH3 is 1. The van der Waals surface area contributed by atoms with Gasteiger partial charge in [0.1, 0.15) is 6.61 Å². The Kier molecular flexibility index (Phi) is 8.94. The van der Waals surface area contributed by atoms with E-state index in [1.807, 2.05) is 13.8 Å². The highest BCUT2D eigenvalue weighted by atomic mass is 16.7. The van der Waals surface area contributed by atoms with E-state index in [-0.39, 0.29) is 18.8 Å². The minimum absolute atomic E-state index is 0.0594. The molecule has 0 spiro atoms. The van der Waals surface area contributed by atoms with E-state index in [1.165, 1.54) is 0 Å². The van der Waals surface area contributed by atoms with E-state index < -0.39 is 6.16 Å². The van der Waals surface area contributed by atoms with Crippen LogP contribution in [0.25, 0.3) is 0 Å². The van der Waals surface area contributed by atoms with Gasteiger partial charge in [-0.3, -0.25) is 0 Å². The quantitative estimate of drug-likeness (QED) is 0.620. The molecule has 0 aliphatic rings. The first-order chi connectivity index (χ1) is 7.63. The standard InChI is InChI=1S/C11H22O5/c1-4-6-10(8-16-11(12)13)15-7-9(5-2)14-3/h9-10H,4-8H2,1-3H3,(H,12,13). The van der Waals surface area contributed by atoms with Crippen molar-refractivity contribution >= 4 is 6.16 Å². The van der Waals surface area contributed by atoms with Gasteiger partial charge in [-0.05, 0) is 12.8 Å². The average molecular weight is 234 g/mol. The van der Waals surface area contributed by atoms with Crippen molar-refractivity contribution in [3.8, 4) is 0 Å². The lowest BCUT2D eigenvalue weighted by Gasteiger charge is -2.20. The minimum Gasteiger partial charge on any atom is -0.450 e. The number of hydrogen-bond acceptors (Lipinski definition) is 4. The summed E-state index contributed by atoms with van der Waals surface area (Å²) in [6.07, 6.45) is 1.21. The monoisotopic (exact) mass is 234 g/mol. The van der Waals surface area contributed by atoms with Gasteiger partial charge in [0.15, 0.2) is 0 Å². The molecule has 0 saturated heterocycles. The second-order valence-electron chi connectivity index (χ2n) is 3.59. The van der Waals surface area contributed by atoms with E-state index in [0.717, 1.165) is 19.3 Å². The van der Waals surface area contributed by atoms with Gasteiger partial charge < -0.3 is 19.3 Å². The molecule has 0 aromatic rings. The van der Waals surface area contributed by atoms with Gasteiger partial charge in [0.2, 0.25) is 0 Å². The van der Waals surface area contributed by atoms with Crippen LogP contribution < -0.4 is 0 Å². The van der Waals surface area contributed by atoms with Crippen LogP contribution >= 0.6 is 0 Å². The molecule has 0 fully saturated rings. The average Bonchev–Trinajstić information content (AvgIpc) is 2.26. The van der Waals surface area contributed by atoms with Crippen molar-refractivity contribution < 1.29 is 24.1 Å². The smallest absolute Gasteiger partial charge is 0.450 e. The molecule has 0 aliphatic heterocycles. The Balaban J connectivity index is 3.87. The van der Waals surface area contributed by atoms with Gasteiger partial charge in [-0.15, -0.1) is 0 Å². The lowest BCUT2D eigenvalue weighted by Crippen LogP contribution is -2.27. The van der Waals surface area contributed by atoms with E-state index in [4.69, 9.17) is 14.6 Å². The van der Waals surface area contributed by atoms with Crippen molar-refractivity contribution in [2.45, 2.75) is 45.3 Å². The van der Waals surface area contributed by atoms with E-state index in [0.29, 0.717) is 6.61 Å². The third-order valence-corrected chi connectivity index (χ3v) is 2.31. The molecular formula is C11H22O5. The van der Waals surface area contributed by atoms with Gasteiger partial charge in [0, 0.05) is 7.11 Å². The zero-order valence-electron chi connectivity index (χ0n) is 10.3. The van der Waals surface area contributed by atoms with Crippen LogP contribution in [0.4, 0.5) is 4.79 Å². The molecule has 0 aromatic heterocycles. The fourth-order valence-corrected chi connectivity index (χ4v) is 1.30. The predicted molar refractivity (Wildman–Crippen MR) is 59.7 cm³/mol. The third-order valence-electron chi connectivity index (χ3n) is 2.31. The molecule has 0 aliphatic carbocycles. The Morgan fingerprint density at radius 3 is 2.38 bits per heavy atom. The fourth-order valence-electron chi connectivity index (χ4n) is 1.30. The first-order valence-electron chi connectivity index (χ1n) is 5.64. The van der Waals surface area contributed by atoms with Gasteiger partial charge >= 0.3 is 6.16 Å². The molecule has 5 heteroatoms. The zero-order valence-corrected chi connectivity index (χ0v) is 10.3. The van der Waals surface area contributed by atoms with E-state index in [2.05, 4.69) is 4.74 Å². The molecule has 0 heterocycles. The molecule has 0 radical (unpaired) electrons. The molecule has 1 N–H and O–H groups in total. The van der Waals surface area contributed by atoms with Crippen molar-refractivity contribution in [1.29, 1.82) is 0 Å². The van der Waals surface area contributed by atoms with Crippen LogP contribution in [0.1, 0.15) is 33.1 Å². The SMILES string of the molecule is CCCC(COC(=O)O)OCC(CC)OC. The second-order valence-corrected chi connectivity index (χ2v) is 3.59. The number of carbonyl (C=O) groups is 1. The van der Waals surface area contributed by atoms with Crippen LogP contribution in [0.15, 0.2) is 0 Å². The molecular weight excluding hydrogens is 212 g/mol. The number of hydrogen-bond donors (Lipinski definition) is 1. The first kappa shape index (κ1) is 15.2. The van der Waals surface area contributed by atoms with Crippen molar-refractivity contribution in [3.63, 3.8) is 0 Å². The van der Waals surface area contributed by atoms with Gasteiger partial charge in [-0.2, -0.15) is 0 Å². The van der Waals surface area contributed by atoms with Crippen molar-refractivity contribution in [2.24, 2.45) is 0 Å². The lowest BCUT2D eigenvalue weighted by atomic mass is 10.2. The summed E-state index contributed by atoms with van der Waals surface area (Å²) in [5, 5.41) is 8.40. The Labute approximate surface area is 96.7 Å². The Hall–Kier alpha value is -0.810. The predicted octanol–water partition coefficient (Wildman–Crippen LogP) is 2.29. The van der Waals surface area contributed by atoms with Gasteiger partial charge in [0.25, 0.3) is 0 Å². The molecule has 0 bridgehead atoms. The highest BCUT2D eigenvalue weighted by molar-refractivity contribution is 5.56. The van der Waals surface area contributed by atoms with Crippen LogP contribution in [0.5, 0.6) is 0 Å². The summed E-state index contributed by atoms with van der Waals surface area (Å²) in [4.78, 5) is 10.3. The summed E-state index contributed by atoms with van der Waals surface area (Å²) in [6, 6.07) is 0. The molecule has 0 amide bonds. The Morgan fingerprint density at radius 2 is 1.94 bits per heavy atom. The summed E-state index contributed by atoms with van der Waals surface area (Å²) in [6.45, 7) is 4.59. The summed E-state index contributed by atoms with van der Waals surface area (Å²) < 4.78 is 15.2. The molecule has 0 rings (SSSR count). The molecule has 0 saturated carbocycles. The number of rotatable bonds is 9. The maximum Gasteiger partial charge on any atom is 0.505 e. The molecule has 96 valence electrons. The third kappa shape index (κ3) is 7.48. The fraction of sp³-hybridized carbons (Fsp3) is 0.909.